The number of hydrogen-bond acceptors (Lipinski definition) is 2. The van der Waals surface area contributed by atoms with E-state index < -0.39 is 0 Å². The van der Waals surface area contributed by atoms with Crippen molar-refractivity contribution in [3.8, 4) is 0 Å². The minimum absolute atomic E-state index is 0.798. The molecule has 1 aliphatic heterocycles. The lowest BCUT2D eigenvalue weighted by atomic mass is 9.90. The fraction of sp³-hybridized carbons (Fsp3) is 0.714. The molecule has 0 amide bonds. The smallest absolute Gasteiger partial charge is 0.0402 e. The average molecular weight is 315 g/mol. The first kappa shape index (κ1) is 16.8. The van der Waals surface area contributed by atoms with Crippen LogP contribution in [0.5, 0.6) is 0 Å². The first-order valence-corrected chi connectivity index (χ1v) is 9.94. The molecule has 1 aliphatic carbocycles. The van der Waals surface area contributed by atoms with Gasteiger partial charge in [0.25, 0.3) is 0 Å². The first-order chi connectivity index (χ1) is 11.4. The van der Waals surface area contributed by atoms with Crippen molar-refractivity contribution in [2.75, 3.05) is 37.6 Å². The Morgan fingerprint density at radius 1 is 0.913 bits per heavy atom. The van der Waals surface area contributed by atoms with E-state index in [9.17, 15) is 0 Å². The second-order valence-corrected chi connectivity index (χ2v) is 7.43. The molecule has 1 heterocycles. The van der Waals surface area contributed by atoms with Gasteiger partial charge in [0.05, 0.1) is 0 Å². The fourth-order valence-electron chi connectivity index (χ4n) is 4.31. The van der Waals surface area contributed by atoms with Gasteiger partial charge in [-0.2, -0.15) is 0 Å². The van der Waals surface area contributed by atoms with Crippen molar-refractivity contribution in [3.05, 3.63) is 29.8 Å². The highest BCUT2D eigenvalue weighted by atomic mass is 15.3. The standard InChI is InChI=1S/C21H34N2/c1-2-3-14-22-15-17-23(18-16-22)21-13-9-8-12-20(21)19-10-6-4-5-7-11-19/h8-9,12-13,19H,2-7,10-11,14-18H2,1H3. The largest absolute Gasteiger partial charge is 0.369 e. The highest BCUT2D eigenvalue weighted by molar-refractivity contribution is 5.55. The van der Waals surface area contributed by atoms with Gasteiger partial charge in [-0.3, -0.25) is 4.90 Å². The SMILES string of the molecule is CCCCN1CCN(c2ccccc2C2CCCCCC2)CC1. The Balaban J connectivity index is 1.66. The summed E-state index contributed by atoms with van der Waals surface area (Å²) in [6.07, 6.45) is 11.2. The van der Waals surface area contributed by atoms with Crippen molar-refractivity contribution >= 4 is 5.69 Å². The van der Waals surface area contributed by atoms with Crippen LogP contribution in [-0.2, 0) is 0 Å². The molecule has 1 aromatic rings. The molecule has 1 aromatic carbocycles. The van der Waals surface area contributed by atoms with Crippen LogP contribution in [0.2, 0.25) is 0 Å². The maximum Gasteiger partial charge on any atom is 0.0402 e. The number of benzene rings is 1. The quantitative estimate of drug-likeness (QED) is 0.702. The van der Waals surface area contributed by atoms with E-state index >= 15 is 0 Å². The lowest BCUT2D eigenvalue weighted by Gasteiger charge is -2.38. The van der Waals surface area contributed by atoms with Crippen LogP contribution >= 0.6 is 0 Å². The van der Waals surface area contributed by atoms with Gasteiger partial charge < -0.3 is 4.90 Å². The molecular formula is C21H34N2. The number of hydrogen-bond donors (Lipinski definition) is 0. The minimum Gasteiger partial charge on any atom is -0.369 e. The van der Waals surface area contributed by atoms with E-state index in [2.05, 4.69) is 41.0 Å². The van der Waals surface area contributed by atoms with Crippen LogP contribution in [0.4, 0.5) is 5.69 Å². The number of nitrogens with zero attached hydrogens (tertiary/aromatic N) is 2. The molecule has 1 saturated carbocycles. The molecule has 0 aromatic heterocycles. The summed E-state index contributed by atoms with van der Waals surface area (Å²) in [7, 11) is 0. The monoisotopic (exact) mass is 314 g/mol. The van der Waals surface area contributed by atoms with Crippen LogP contribution < -0.4 is 4.90 Å². The highest BCUT2D eigenvalue weighted by Crippen LogP contribution is 2.37. The normalized spacial score (nSPS) is 21.3. The molecule has 0 unspecified atom stereocenters. The van der Waals surface area contributed by atoms with Crippen LogP contribution in [0.25, 0.3) is 0 Å². The molecule has 0 atom stereocenters. The van der Waals surface area contributed by atoms with Crippen molar-refractivity contribution in [1.29, 1.82) is 0 Å². The Hall–Kier alpha value is -1.02. The van der Waals surface area contributed by atoms with Crippen molar-refractivity contribution < 1.29 is 0 Å². The zero-order valence-corrected chi connectivity index (χ0v) is 15.0. The maximum atomic E-state index is 2.66. The second kappa shape index (κ2) is 8.73. The van der Waals surface area contributed by atoms with Crippen molar-refractivity contribution in [2.45, 2.75) is 64.2 Å². The predicted molar refractivity (Wildman–Crippen MR) is 100 cm³/mol. The molecule has 2 aliphatic rings. The lowest BCUT2D eigenvalue weighted by Crippen LogP contribution is -2.47. The predicted octanol–water partition coefficient (Wildman–Crippen LogP) is 5.05. The zero-order valence-electron chi connectivity index (χ0n) is 15.0. The van der Waals surface area contributed by atoms with E-state index in [-0.39, 0.29) is 0 Å². The number of para-hydroxylation sites is 1. The summed E-state index contributed by atoms with van der Waals surface area (Å²) in [4.78, 5) is 5.30. The van der Waals surface area contributed by atoms with Crippen LogP contribution in [-0.4, -0.2) is 37.6 Å². The van der Waals surface area contributed by atoms with Gasteiger partial charge >= 0.3 is 0 Å². The summed E-state index contributed by atoms with van der Waals surface area (Å²) < 4.78 is 0. The molecule has 3 rings (SSSR count). The van der Waals surface area contributed by atoms with E-state index in [1.807, 2.05) is 0 Å². The van der Waals surface area contributed by atoms with Gasteiger partial charge in [-0.25, -0.2) is 0 Å². The molecule has 0 bridgehead atoms. The summed E-state index contributed by atoms with van der Waals surface area (Å²) >= 11 is 0. The molecule has 0 spiro atoms. The summed E-state index contributed by atoms with van der Waals surface area (Å²) in [6, 6.07) is 9.27. The number of unbranched alkanes of at least 4 members (excludes halogenated alkanes) is 1. The Morgan fingerprint density at radius 3 is 2.30 bits per heavy atom. The molecule has 0 N–H and O–H groups in total. The first-order valence-electron chi connectivity index (χ1n) is 9.94. The Labute approximate surface area is 142 Å². The van der Waals surface area contributed by atoms with Crippen LogP contribution in [0, 0.1) is 0 Å². The van der Waals surface area contributed by atoms with E-state index in [1.54, 1.807) is 5.56 Å². The van der Waals surface area contributed by atoms with Crippen LogP contribution in [0.3, 0.4) is 0 Å². The van der Waals surface area contributed by atoms with Gasteiger partial charge in [0.1, 0.15) is 0 Å². The molecule has 2 nitrogen and oxygen atoms in total. The van der Waals surface area contributed by atoms with Gasteiger partial charge in [0.2, 0.25) is 0 Å². The summed E-state index contributed by atoms with van der Waals surface area (Å²) in [5.41, 5.74) is 3.17. The van der Waals surface area contributed by atoms with Crippen molar-refractivity contribution in [1.82, 2.24) is 4.90 Å². The second-order valence-electron chi connectivity index (χ2n) is 7.43. The highest BCUT2D eigenvalue weighted by Gasteiger charge is 2.22. The Bertz CT molecular complexity index is 455. The van der Waals surface area contributed by atoms with E-state index in [1.165, 1.54) is 89.8 Å². The van der Waals surface area contributed by atoms with E-state index in [0.717, 1.165) is 5.92 Å². The van der Waals surface area contributed by atoms with E-state index in [4.69, 9.17) is 0 Å². The summed E-state index contributed by atoms with van der Waals surface area (Å²) in [6.45, 7) is 8.45. The topological polar surface area (TPSA) is 6.48 Å². The molecule has 23 heavy (non-hydrogen) atoms. The molecule has 0 radical (unpaired) electrons. The van der Waals surface area contributed by atoms with Crippen molar-refractivity contribution in [2.24, 2.45) is 0 Å². The van der Waals surface area contributed by atoms with Gasteiger partial charge in [0, 0.05) is 31.9 Å². The molecular weight excluding hydrogens is 280 g/mol. The minimum atomic E-state index is 0.798. The molecule has 2 fully saturated rings. The van der Waals surface area contributed by atoms with Gasteiger partial charge in [-0.1, -0.05) is 57.2 Å². The number of piperazine rings is 1. The Kier molecular flexibility index (Phi) is 6.38. The third kappa shape index (κ3) is 4.50. The molecule has 128 valence electrons. The summed E-state index contributed by atoms with van der Waals surface area (Å²) in [5.74, 6) is 0.798. The summed E-state index contributed by atoms with van der Waals surface area (Å²) in [5, 5.41) is 0. The van der Waals surface area contributed by atoms with Crippen molar-refractivity contribution in [3.63, 3.8) is 0 Å². The fourth-order valence-corrected chi connectivity index (χ4v) is 4.31. The maximum absolute atomic E-state index is 2.66. The molecule has 2 heteroatoms. The number of rotatable bonds is 5. The lowest BCUT2D eigenvalue weighted by molar-refractivity contribution is 0.254. The van der Waals surface area contributed by atoms with Crippen LogP contribution in [0.15, 0.2) is 24.3 Å². The van der Waals surface area contributed by atoms with E-state index in [0.29, 0.717) is 0 Å². The number of anilines is 1. The zero-order chi connectivity index (χ0) is 15.9. The van der Waals surface area contributed by atoms with Gasteiger partial charge in [-0.15, -0.1) is 0 Å². The third-order valence-electron chi connectivity index (χ3n) is 5.77. The van der Waals surface area contributed by atoms with Gasteiger partial charge in [-0.05, 0) is 43.4 Å². The molecule has 1 saturated heterocycles. The third-order valence-corrected chi connectivity index (χ3v) is 5.77. The average Bonchev–Trinajstić information content (AvgIpc) is 2.90. The van der Waals surface area contributed by atoms with Gasteiger partial charge in [0.15, 0.2) is 0 Å². The van der Waals surface area contributed by atoms with Crippen LogP contribution in [0.1, 0.15) is 69.8 Å². The Morgan fingerprint density at radius 2 is 1.61 bits per heavy atom.